The molecule has 12 rings (SSSR count). The maximum atomic E-state index is 2.46. The third kappa shape index (κ3) is 4.08. The van der Waals surface area contributed by atoms with Crippen LogP contribution >= 0.6 is 0 Å². The molecule has 0 fully saturated rings. The summed E-state index contributed by atoms with van der Waals surface area (Å²) >= 11 is 0. The largest absolute Gasteiger partial charge is 0.309 e. The minimum absolute atomic E-state index is 1.20. The van der Waals surface area contributed by atoms with Crippen LogP contribution in [0.1, 0.15) is 11.1 Å². The van der Waals surface area contributed by atoms with E-state index in [0.29, 0.717) is 0 Å². The van der Waals surface area contributed by atoms with Crippen molar-refractivity contribution in [3.8, 4) is 39.1 Å². The molecule has 11 aromatic rings. The summed E-state index contributed by atoms with van der Waals surface area (Å²) in [5, 5.41) is 13.0. The summed E-state index contributed by atoms with van der Waals surface area (Å²) in [6.45, 7) is 0. The van der Waals surface area contributed by atoms with Gasteiger partial charge in [0.1, 0.15) is 0 Å². The molecular formula is C52H33N. The molecule has 1 aromatic heterocycles. The zero-order chi connectivity index (χ0) is 34.6. The van der Waals surface area contributed by atoms with Crippen molar-refractivity contribution in [3.05, 3.63) is 187 Å². The van der Waals surface area contributed by atoms with Gasteiger partial charge in [0.15, 0.2) is 0 Å². The number of aryl methyl sites for hydroxylation is 2. The minimum atomic E-state index is 1.20. The highest BCUT2D eigenvalue weighted by Crippen LogP contribution is 2.46. The number of rotatable bonds is 4. The second-order valence-electron chi connectivity index (χ2n) is 14.7. The van der Waals surface area contributed by atoms with Crippen LogP contribution in [0.15, 0.2) is 176 Å². The minimum Gasteiger partial charge on any atom is -0.309 e. The van der Waals surface area contributed by atoms with E-state index in [2.05, 4.69) is 180 Å². The summed E-state index contributed by atoms with van der Waals surface area (Å²) in [6.07, 6.45) is 2.42. The van der Waals surface area contributed by atoms with E-state index in [0.717, 1.165) is 0 Å². The lowest BCUT2D eigenvalue weighted by Crippen LogP contribution is -2.07. The predicted molar refractivity (Wildman–Crippen MR) is 226 cm³/mol. The van der Waals surface area contributed by atoms with Gasteiger partial charge in [-0.3, -0.25) is 0 Å². The Bertz CT molecular complexity index is 3190. The Labute approximate surface area is 307 Å². The molecule has 0 saturated carbocycles. The molecule has 0 aliphatic heterocycles. The number of benzene rings is 10. The van der Waals surface area contributed by atoms with Gasteiger partial charge in [0.25, 0.3) is 0 Å². The van der Waals surface area contributed by atoms with E-state index in [-0.39, 0.29) is 0 Å². The molecule has 246 valence electrons. The second kappa shape index (κ2) is 10.9. The lowest BCUT2D eigenvalue weighted by atomic mass is 9.85. The first kappa shape index (κ1) is 28.9. The number of hydrogen-bond acceptors (Lipinski definition) is 0. The van der Waals surface area contributed by atoms with Crippen molar-refractivity contribution in [1.82, 2.24) is 4.57 Å². The summed E-state index contributed by atoms with van der Waals surface area (Å²) in [5.74, 6) is 0. The fraction of sp³-hybridized carbons (Fsp3) is 0.0385. The molecule has 1 nitrogen and oxygen atoms in total. The number of nitrogens with zero attached hydrogens (tertiary/aromatic N) is 1. The topological polar surface area (TPSA) is 4.93 Å². The zero-order valence-electron chi connectivity index (χ0n) is 29.1. The first-order valence-electron chi connectivity index (χ1n) is 18.7. The van der Waals surface area contributed by atoms with Crippen molar-refractivity contribution in [3.63, 3.8) is 0 Å². The quantitative estimate of drug-likeness (QED) is 0.130. The van der Waals surface area contributed by atoms with Gasteiger partial charge >= 0.3 is 0 Å². The Morgan fingerprint density at radius 1 is 0.302 bits per heavy atom. The Hall–Kier alpha value is -6.70. The SMILES string of the molecule is c1ccc(-c2ccc3c4ccc(-n5c6ccccc6c6ccccc65)c5cccc(c6cccc2c63)c54)c(-c2ccc(-c3ccc4c(c3)CC4)cc2)c1. The van der Waals surface area contributed by atoms with Crippen LogP contribution in [0.25, 0.3) is 104 Å². The highest BCUT2D eigenvalue weighted by molar-refractivity contribution is 6.35. The van der Waals surface area contributed by atoms with Crippen molar-refractivity contribution in [2.45, 2.75) is 12.8 Å². The highest BCUT2D eigenvalue weighted by atomic mass is 15.0. The molecular weight excluding hydrogens is 639 g/mol. The summed E-state index contributed by atoms with van der Waals surface area (Å²) in [5.41, 5.74) is 14.3. The first-order chi connectivity index (χ1) is 26.3. The predicted octanol–water partition coefficient (Wildman–Crippen LogP) is 13.9. The van der Waals surface area contributed by atoms with E-state index in [1.807, 2.05) is 0 Å². The molecule has 1 aliphatic rings. The molecule has 0 atom stereocenters. The molecule has 0 bridgehead atoms. The van der Waals surface area contributed by atoms with Crippen molar-refractivity contribution in [2.24, 2.45) is 0 Å². The molecule has 0 N–H and O–H groups in total. The zero-order valence-corrected chi connectivity index (χ0v) is 29.1. The van der Waals surface area contributed by atoms with Crippen molar-refractivity contribution < 1.29 is 0 Å². The lowest BCUT2D eigenvalue weighted by Gasteiger charge is -2.20. The standard InChI is InChI=1S/C52H33N/c1-2-10-38(37(9-1)34-23-19-32(20-24-34)35-25-21-33-22-26-36(33)31-35)39-27-28-45-46-29-30-50(53-48-17-5-3-11-40(48)41-12-4-6-18-49(41)53)47-16-8-15-44(52(46)47)43-14-7-13-42(39)51(43)45/h1-21,23-25,27-31H,22,26H2. The molecule has 10 aromatic carbocycles. The second-order valence-corrected chi connectivity index (χ2v) is 14.7. The molecule has 0 saturated heterocycles. The van der Waals surface area contributed by atoms with Crippen LogP contribution in [0.4, 0.5) is 0 Å². The fourth-order valence-electron chi connectivity index (χ4n) is 9.49. The van der Waals surface area contributed by atoms with E-state index in [1.165, 1.54) is 128 Å². The van der Waals surface area contributed by atoms with E-state index in [9.17, 15) is 0 Å². The number of hydrogen-bond donors (Lipinski definition) is 0. The van der Waals surface area contributed by atoms with Crippen molar-refractivity contribution >= 4 is 64.9 Å². The van der Waals surface area contributed by atoms with Gasteiger partial charge in [-0.25, -0.2) is 0 Å². The molecule has 0 amide bonds. The van der Waals surface area contributed by atoms with Crippen LogP contribution in [0.2, 0.25) is 0 Å². The Morgan fingerprint density at radius 3 is 1.53 bits per heavy atom. The highest BCUT2D eigenvalue weighted by Gasteiger charge is 2.20. The fourth-order valence-corrected chi connectivity index (χ4v) is 9.49. The van der Waals surface area contributed by atoms with Gasteiger partial charge in [-0.05, 0) is 113 Å². The van der Waals surface area contributed by atoms with Crippen LogP contribution in [-0.4, -0.2) is 4.57 Å². The van der Waals surface area contributed by atoms with Crippen molar-refractivity contribution in [1.29, 1.82) is 0 Å². The van der Waals surface area contributed by atoms with Gasteiger partial charge < -0.3 is 4.57 Å². The van der Waals surface area contributed by atoms with Gasteiger partial charge in [0, 0.05) is 16.2 Å². The monoisotopic (exact) mass is 671 g/mol. The molecule has 0 unspecified atom stereocenters. The van der Waals surface area contributed by atoms with Crippen LogP contribution in [0, 0.1) is 0 Å². The van der Waals surface area contributed by atoms with E-state index < -0.39 is 0 Å². The Balaban J connectivity index is 1.05. The van der Waals surface area contributed by atoms with Crippen LogP contribution in [0.3, 0.4) is 0 Å². The summed E-state index contributed by atoms with van der Waals surface area (Å²) in [7, 11) is 0. The third-order valence-corrected chi connectivity index (χ3v) is 12.1. The Kier molecular flexibility index (Phi) is 5.95. The van der Waals surface area contributed by atoms with Gasteiger partial charge in [-0.15, -0.1) is 0 Å². The first-order valence-corrected chi connectivity index (χ1v) is 18.7. The van der Waals surface area contributed by atoms with Gasteiger partial charge in [-0.2, -0.15) is 0 Å². The number of aromatic nitrogens is 1. The summed E-state index contributed by atoms with van der Waals surface area (Å²) < 4.78 is 2.46. The Morgan fingerprint density at radius 2 is 0.830 bits per heavy atom. The molecule has 1 heterocycles. The number of fused-ring (bicyclic) bond motifs is 6. The number of para-hydroxylation sites is 2. The van der Waals surface area contributed by atoms with Gasteiger partial charge in [0.05, 0.1) is 16.7 Å². The van der Waals surface area contributed by atoms with Gasteiger partial charge in [0.2, 0.25) is 0 Å². The summed E-state index contributed by atoms with van der Waals surface area (Å²) in [6, 6.07) is 65.8. The summed E-state index contributed by atoms with van der Waals surface area (Å²) in [4.78, 5) is 0. The average Bonchev–Trinajstić information content (AvgIpc) is 3.54. The molecule has 0 spiro atoms. The molecule has 1 aliphatic carbocycles. The van der Waals surface area contributed by atoms with Crippen LogP contribution in [0.5, 0.6) is 0 Å². The lowest BCUT2D eigenvalue weighted by molar-refractivity contribution is 0.840. The molecule has 1 heteroatoms. The van der Waals surface area contributed by atoms with Crippen LogP contribution in [-0.2, 0) is 12.8 Å². The maximum absolute atomic E-state index is 2.46. The normalized spacial score (nSPS) is 12.8. The maximum Gasteiger partial charge on any atom is 0.0541 e. The van der Waals surface area contributed by atoms with E-state index in [1.54, 1.807) is 0 Å². The van der Waals surface area contributed by atoms with E-state index >= 15 is 0 Å². The van der Waals surface area contributed by atoms with Crippen molar-refractivity contribution in [2.75, 3.05) is 0 Å². The van der Waals surface area contributed by atoms with E-state index in [4.69, 9.17) is 0 Å². The van der Waals surface area contributed by atoms with Crippen LogP contribution < -0.4 is 0 Å². The molecule has 0 radical (unpaired) electrons. The average molecular weight is 672 g/mol. The molecule has 53 heavy (non-hydrogen) atoms. The smallest absolute Gasteiger partial charge is 0.0541 e. The third-order valence-electron chi connectivity index (χ3n) is 12.1. The van der Waals surface area contributed by atoms with Gasteiger partial charge in [-0.1, -0.05) is 158 Å².